The van der Waals surface area contributed by atoms with Crippen LogP contribution in [0.2, 0.25) is 0 Å². The minimum Gasteiger partial charge on any atom is -0.379 e. The van der Waals surface area contributed by atoms with Gasteiger partial charge in [-0.2, -0.15) is 5.10 Å². The summed E-state index contributed by atoms with van der Waals surface area (Å²) in [4.78, 5) is 14.3. The van der Waals surface area contributed by atoms with Crippen LogP contribution in [0.5, 0.6) is 0 Å². The summed E-state index contributed by atoms with van der Waals surface area (Å²) < 4.78 is 5.31. The van der Waals surface area contributed by atoms with Gasteiger partial charge in [0.25, 0.3) is 0 Å². The number of aromatic amines is 1. The van der Waals surface area contributed by atoms with Crippen molar-refractivity contribution in [3.05, 3.63) is 17.0 Å². The molecule has 0 saturated carbocycles. The minimum atomic E-state index is 0.0691. The lowest BCUT2D eigenvalue weighted by Gasteiger charge is -2.26. The molecule has 0 aliphatic carbocycles. The lowest BCUT2D eigenvalue weighted by Crippen LogP contribution is -2.38. The first-order valence-electron chi connectivity index (χ1n) is 7.24. The number of amides is 1. The number of nitrogens with one attached hydrogen (secondary N) is 2. The van der Waals surface area contributed by atoms with Crippen molar-refractivity contribution in [2.75, 3.05) is 39.4 Å². The number of carbonyl (C=O) groups is 1. The minimum absolute atomic E-state index is 0.0691. The molecule has 6 heteroatoms. The lowest BCUT2D eigenvalue weighted by atomic mass is 10.1. The normalized spacial score (nSPS) is 16.3. The summed E-state index contributed by atoms with van der Waals surface area (Å²) in [6, 6.07) is 0. The summed E-state index contributed by atoms with van der Waals surface area (Å²) in [6.45, 7) is 9.27. The highest BCUT2D eigenvalue weighted by Crippen LogP contribution is 2.09. The monoisotopic (exact) mass is 280 g/mol. The maximum Gasteiger partial charge on any atom is 0.224 e. The van der Waals surface area contributed by atoms with E-state index in [-0.39, 0.29) is 5.91 Å². The molecule has 0 spiro atoms. The second kappa shape index (κ2) is 7.40. The summed E-state index contributed by atoms with van der Waals surface area (Å²) in [5.74, 6) is 0.0691. The van der Waals surface area contributed by atoms with E-state index in [0.717, 1.165) is 62.8 Å². The molecule has 1 saturated heterocycles. The smallest absolute Gasteiger partial charge is 0.224 e. The molecule has 0 atom stereocenters. The van der Waals surface area contributed by atoms with E-state index in [0.29, 0.717) is 6.42 Å². The summed E-state index contributed by atoms with van der Waals surface area (Å²) >= 11 is 0. The molecule has 2 rings (SSSR count). The fourth-order valence-corrected chi connectivity index (χ4v) is 2.41. The number of hydrogen-bond donors (Lipinski definition) is 2. The Bertz CT molecular complexity index is 419. The van der Waals surface area contributed by atoms with Gasteiger partial charge in [0.1, 0.15) is 0 Å². The summed E-state index contributed by atoms with van der Waals surface area (Å²) in [7, 11) is 0. The second-order valence-corrected chi connectivity index (χ2v) is 5.25. The second-order valence-electron chi connectivity index (χ2n) is 5.25. The summed E-state index contributed by atoms with van der Waals surface area (Å²) in [6.07, 6.45) is 1.39. The van der Waals surface area contributed by atoms with Gasteiger partial charge >= 0.3 is 0 Å². The Morgan fingerprint density at radius 2 is 2.15 bits per heavy atom. The quantitative estimate of drug-likeness (QED) is 0.740. The molecular weight excluding hydrogens is 256 g/mol. The molecule has 1 amide bonds. The fourth-order valence-electron chi connectivity index (χ4n) is 2.41. The van der Waals surface area contributed by atoms with E-state index in [1.807, 2.05) is 13.8 Å². The van der Waals surface area contributed by atoms with Gasteiger partial charge in [-0.3, -0.25) is 14.8 Å². The van der Waals surface area contributed by atoms with E-state index >= 15 is 0 Å². The maximum absolute atomic E-state index is 11.9. The summed E-state index contributed by atoms with van der Waals surface area (Å²) in [5, 5.41) is 9.98. The van der Waals surface area contributed by atoms with Crippen LogP contribution in [0.25, 0.3) is 0 Å². The number of morpholine rings is 1. The van der Waals surface area contributed by atoms with Gasteiger partial charge in [0.2, 0.25) is 5.91 Å². The Morgan fingerprint density at radius 1 is 1.40 bits per heavy atom. The number of H-pyrrole nitrogens is 1. The highest BCUT2D eigenvalue weighted by molar-refractivity contribution is 5.79. The number of ether oxygens (including phenoxy) is 1. The largest absolute Gasteiger partial charge is 0.379 e. The first-order chi connectivity index (χ1) is 9.66. The van der Waals surface area contributed by atoms with Crippen LogP contribution < -0.4 is 5.32 Å². The van der Waals surface area contributed by atoms with Gasteiger partial charge in [-0.05, 0) is 26.8 Å². The van der Waals surface area contributed by atoms with E-state index in [9.17, 15) is 4.79 Å². The van der Waals surface area contributed by atoms with Crippen molar-refractivity contribution in [2.45, 2.75) is 26.7 Å². The number of nitrogens with zero attached hydrogens (tertiary/aromatic N) is 2. The number of rotatable bonds is 6. The van der Waals surface area contributed by atoms with Gasteiger partial charge < -0.3 is 10.1 Å². The predicted molar refractivity (Wildman–Crippen MR) is 76.7 cm³/mol. The predicted octanol–water partition coefficient (Wildman–Crippen LogP) is 0.408. The van der Waals surface area contributed by atoms with E-state index in [4.69, 9.17) is 4.74 Å². The van der Waals surface area contributed by atoms with Gasteiger partial charge in [0.05, 0.1) is 25.3 Å². The van der Waals surface area contributed by atoms with Crippen molar-refractivity contribution in [3.8, 4) is 0 Å². The van der Waals surface area contributed by atoms with Crippen molar-refractivity contribution in [3.63, 3.8) is 0 Å². The average molecular weight is 280 g/mol. The van der Waals surface area contributed by atoms with Crippen LogP contribution in [-0.2, 0) is 16.0 Å². The number of aromatic nitrogens is 2. The standard InChI is InChI=1S/C14H24N4O2/c1-11-13(12(2)17-16-11)10-14(19)15-4-3-5-18-6-8-20-9-7-18/h3-10H2,1-2H3,(H,15,19)(H,16,17). The molecule has 0 radical (unpaired) electrons. The van der Waals surface area contributed by atoms with Crippen LogP contribution >= 0.6 is 0 Å². The average Bonchev–Trinajstić information content (AvgIpc) is 2.77. The van der Waals surface area contributed by atoms with Crippen LogP contribution in [0.3, 0.4) is 0 Å². The molecule has 1 aliphatic heterocycles. The van der Waals surface area contributed by atoms with Crippen molar-refractivity contribution in [1.29, 1.82) is 0 Å². The highest BCUT2D eigenvalue weighted by atomic mass is 16.5. The van der Waals surface area contributed by atoms with Crippen LogP contribution in [0.4, 0.5) is 0 Å². The van der Waals surface area contributed by atoms with Gasteiger partial charge in [-0.25, -0.2) is 0 Å². The Labute approximate surface area is 119 Å². The van der Waals surface area contributed by atoms with Crippen molar-refractivity contribution in [1.82, 2.24) is 20.4 Å². The van der Waals surface area contributed by atoms with Crippen molar-refractivity contribution in [2.24, 2.45) is 0 Å². The highest BCUT2D eigenvalue weighted by Gasteiger charge is 2.12. The van der Waals surface area contributed by atoms with Gasteiger partial charge in [0, 0.05) is 30.9 Å². The zero-order chi connectivity index (χ0) is 14.4. The third-order valence-corrected chi connectivity index (χ3v) is 3.70. The molecular formula is C14H24N4O2. The molecule has 1 aromatic heterocycles. The van der Waals surface area contributed by atoms with Gasteiger partial charge in [-0.1, -0.05) is 0 Å². The SMILES string of the molecule is Cc1n[nH]c(C)c1CC(=O)NCCCN1CCOCC1. The van der Waals surface area contributed by atoms with Crippen molar-refractivity contribution >= 4 is 5.91 Å². The summed E-state index contributed by atoms with van der Waals surface area (Å²) in [5.41, 5.74) is 2.90. The number of carbonyl (C=O) groups excluding carboxylic acids is 1. The van der Waals surface area contributed by atoms with Gasteiger partial charge in [0.15, 0.2) is 0 Å². The lowest BCUT2D eigenvalue weighted by molar-refractivity contribution is -0.120. The Kier molecular flexibility index (Phi) is 5.55. The Morgan fingerprint density at radius 3 is 2.80 bits per heavy atom. The van der Waals surface area contributed by atoms with Crippen LogP contribution in [0.15, 0.2) is 0 Å². The maximum atomic E-state index is 11.9. The van der Waals surface area contributed by atoms with E-state index in [1.165, 1.54) is 0 Å². The first-order valence-corrected chi connectivity index (χ1v) is 7.24. The van der Waals surface area contributed by atoms with Crippen molar-refractivity contribution < 1.29 is 9.53 Å². The molecule has 1 aromatic rings. The molecule has 0 unspecified atom stereocenters. The van der Waals surface area contributed by atoms with Crippen LogP contribution in [0, 0.1) is 13.8 Å². The first kappa shape index (κ1) is 15.0. The van der Waals surface area contributed by atoms with Crippen LogP contribution in [-0.4, -0.2) is 60.4 Å². The molecule has 0 bridgehead atoms. The van der Waals surface area contributed by atoms with Gasteiger partial charge in [-0.15, -0.1) is 0 Å². The molecule has 1 aliphatic rings. The molecule has 20 heavy (non-hydrogen) atoms. The molecule has 0 aromatic carbocycles. The topological polar surface area (TPSA) is 70.2 Å². The molecule has 6 nitrogen and oxygen atoms in total. The third-order valence-electron chi connectivity index (χ3n) is 3.70. The Hall–Kier alpha value is -1.40. The number of aryl methyl sites for hydroxylation is 2. The van der Waals surface area contributed by atoms with E-state index in [1.54, 1.807) is 0 Å². The zero-order valence-corrected chi connectivity index (χ0v) is 12.4. The number of hydrogen-bond acceptors (Lipinski definition) is 4. The Balaban J connectivity index is 1.63. The van der Waals surface area contributed by atoms with Crippen LogP contribution in [0.1, 0.15) is 23.4 Å². The van der Waals surface area contributed by atoms with E-state index in [2.05, 4.69) is 20.4 Å². The molecule has 112 valence electrons. The molecule has 2 N–H and O–H groups in total. The third kappa shape index (κ3) is 4.31. The zero-order valence-electron chi connectivity index (χ0n) is 12.4. The fraction of sp³-hybridized carbons (Fsp3) is 0.714. The van der Waals surface area contributed by atoms with E-state index < -0.39 is 0 Å². The molecule has 1 fully saturated rings. The molecule has 2 heterocycles.